The molecule has 0 bridgehead atoms. The minimum atomic E-state index is -0.511. The van der Waals surface area contributed by atoms with E-state index < -0.39 is 17.7 Å². The number of amides is 1. The monoisotopic (exact) mass is 394 g/mol. The summed E-state index contributed by atoms with van der Waals surface area (Å²) in [6, 6.07) is 14.5. The van der Waals surface area contributed by atoms with E-state index in [1.807, 2.05) is 0 Å². The van der Waals surface area contributed by atoms with E-state index in [0.717, 1.165) is 0 Å². The van der Waals surface area contributed by atoms with Crippen LogP contribution >= 0.6 is 0 Å². The number of methoxy groups -OCH3 is 1. The number of halogens is 1. The number of benzene rings is 2. The van der Waals surface area contributed by atoms with E-state index >= 15 is 0 Å². The average molecular weight is 394 g/mol. The topological polar surface area (TPSA) is 93.2 Å². The molecule has 0 saturated carbocycles. The second-order valence-electron chi connectivity index (χ2n) is 6.15. The number of esters is 1. The maximum atomic E-state index is 13.7. The summed E-state index contributed by atoms with van der Waals surface area (Å²) in [4.78, 5) is 32.9. The Labute approximate surface area is 167 Å². The molecule has 0 aliphatic carbocycles. The summed E-state index contributed by atoms with van der Waals surface area (Å²) in [7, 11) is 1.29. The number of hydrogen-bond acceptors (Lipinski definition) is 6. The molecule has 2 aromatic carbocycles. The van der Waals surface area contributed by atoms with Gasteiger partial charge in [-0.15, -0.1) is 0 Å². The molecule has 29 heavy (non-hydrogen) atoms. The van der Waals surface area contributed by atoms with Crippen LogP contribution < -0.4 is 10.6 Å². The molecule has 8 heteroatoms. The number of hydrogen-bond donors (Lipinski definition) is 2. The standard InChI is InChI=1S/C21H19FN4O3/c1-13-11-18(19(27)23-12-14-7-3-5-9-16(14)22)26-21(24-13)25-17-10-6-4-8-15(17)20(28)29-2/h3-11H,12H2,1-2H3,(H,23,27)(H,24,25,26). The molecule has 3 aromatic rings. The number of aromatic nitrogens is 2. The summed E-state index contributed by atoms with van der Waals surface area (Å²) >= 11 is 0. The van der Waals surface area contributed by atoms with E-state index in [4.69, 9.17) is 4.74 Å². The van der Waals surface area contributed by atoms with Gasteiger partial charge < -0.3 is 15.4 Å². The van der Waals surface area contributed by atoms with Crippen LogP contribution in [0.4, 0.5) is 16.0 Å². The van der Waals surface area contributed by atoms with Crippen molar-refractivity contribution in [2.24, 2.45) is 0 Å². The van der Waals surface area contributed by atoms with Crippen LogP contribution in [0, 0.1) is 12.7 Å². The minimum absolute atomic E-state index is 0.0303. The lowest BCUT2D eigenvalue weighted by Crippen LogP contribution is -2.25. The molecule has 2 N–H and O–H groups in total. The lowest BCUT2D eigenvalue weighted by Gasteiger charge is -2.11. The first-order valence-electron chi connectivity index (χ1n) is 8.79. The van der Waals surface area contributed by atoms with E-state index in [2.05, 4.69) is 20.6 Å². The third-order valence-corrected chi connectivity index (χ3v) is 4.06. The molecule has 7 nitrogen and oxygen atoms in total. The van der Waals surface area contributed by atoms with Crippen molar-refractivity contribution in [1.82, 2.24) is 15.3 Å². The van der Waals surface area contributed by atoms with E-state index in [1.54, 1.807) is 49.4 Å². The number of rotatable bonds is 6. The fourth-order valence-corrected chi connectivity index (χ4v) is 2.65. The van der Waals surface area contributed by atoms with Crippen LogP contribution in [0.5, 0.6) is 0 Å². The fourth-order valence-electron chi connectivity index (χ4n) is 2.65. The van der Waals surface area contributed by atoms with Crippen LogP contribution in [0.15, 0.2) is 54.6 Å². The van der Waals surface area contributed by atoms with Gasteiger partial charge in [0.1, 0.15) is 11.5 Å². The van der Waals surface area contributed by atoms with Gasteiger partial charge in [-0.05, 0) is 31.2 Å². The number of nitrogens with zero attached hydrogens (tertiary/aromatic N) is 2. The van der Waals surface area contributed by atoms with Gasteiger partial charge in [-0.25, -0.2) is 19.2 Å². The van der Waals surface area contributed by atoms with Gasteiger partial charge in [0, 0.05) is 17.8 Å². The maximum Gasteiger partial charge on any atom is 0.339 e. The molecule has 3 rings (SSSR count). The first-order valence-corrected chi connectivity index (χ1v) is 8.79. The van der Waals surface area contributed by atoms with E-state index in [0.29, 0.717) is 22.5 Å². The van der Waals surface area contributed by atoms with Crippen LogP contribution in [0.1, 0.15) is 32.1 Å². The van der Waals surface area contributed by atoms with Gasteiger partial charge >= 0.3 is 5.97 Å². The SMILES string of the molecule is COC(=O)c1ccccc1Nc1nc(C)cc(C(=O)NCc2ccccc2F)n1. The van der Waals surface area contributed by atoms with Crippen molar-refractivity contribution < 1.29 is 18.7 Å². The third-order valence-electron chi connectivity index (χ3n) is 4.06. The number of ether oxygens (including phenoxy) is 1. The van der Waals surface area contributed by atoms with Crippen molar-refractivity contribution in [3.8, 4) is 0 Å². The average Bonchev–Trinajstić information content (AvgIpc) is 2.72. The Balaban J connectivity index is 1.79. The predicted octanol–water partition coefficient (Wildman–Crippen LogP) is 3.38. The van der Waals surface area contributed by atoms with Gasteiger partial charge in [0.2, 0.25) is 5.95 Å². The molecule has 1 amide bonds. The van der Waals surface area contributed by atoms with Crippen molar-refractivity contribution in [2.45, 2.75) is 13.5 Å². The Bertz CT molecular complexity index is 1060. The highest BCUT2D eigenvalue weighted by Crippen LogP contribution is 2.20. The van der Waals surface area contributed by atoms with E-state index in [1.165, 1.54) is 19.2 Å². The zero-order chi connectivity index (χ0) is 20.8. The molecule has 0 spiro atoms. The Morgan fingerprint density at radius 1 is 1.07 bits per heavy atom. The molecule has 0 aliphatic heterocycles. The van der Waals surface area contributed by atoms with Gasteiger partial charge in [-0.2, -0.15) is 0 Å². The zero-order valence-corrected chi connectivity index (χ0v) is 15.9. The molecule has 1 heterocycles. The molecular weight excluding hydrogens is 375 g/mol. The summed E-state index contributed by atoms with van der Waals surface area (Å²) in [6.45, 7) is 1.75. The minimum Gasteiger partial charge on any atom is -0.465 e. The molecule has 0 atom stereocenters. The van der Waals surface area contributed by atoms with Gasteiger partial charge in [-0.3, -0.25) is 4.79 Å². The van der Waals surface area contributed by atoms with Gasteiger partial charge in [0.25, 0.3) is 5.91 Å². The Kier molecular flexibility index (Phi) is 6.13. The van der Waals surface area contributed by atoms with Crippen molar-refractivity contribution in [2.75, 3.05) is 12.4 Å². The number of nitrogens with one attached hydrogen (secondary N) is 2. The van der Waals surface area contributed by atoms with Crippen LogP contribution in [0.2, 0.25) is 0 Å². The number of carbonyl (C=O) groups excluding carboxylic acids is 2. The van der Waals surface area contributed by atoms with Gasteiger partial charge in [0.05, 0.1) is 18.4 Å². The van der Waals surface area contributed by atoms with Crippen LogP contribution in [0.25, 0.3) is 0 Å². The van der Waals surface area contributed by atoms with Crippen molar-refractivity contribution in [3.63, 3.8) is 0 Å². The molecule has 1 aromatic heterocycles. The molecule has 0 aliphatic rings. The van der Waals surface area contributed by atoms with Crippen molar-refractivity contribution in [3.05, 3.63) is 82.9 Å². The second kappa shape index (κ2) is 8.92. The molecule has 0 fully saturated rings. The van der Waals surface area contributed by atoms with Gasteiger partial charge in [0.15, 0.2) is 0 Å². The number of anilines is 2. The summed E-state index contributed by atoms with van der Waals surface area (Å²) in [6.07, 6.45) is 0. The molecule has 0 radical (unpaired) electrons. The molecule has 148 valence electrons. The summed E-state index contributed by atoms with van der Waals surface area (Å²) in [5.41, 5.74) is 1.80. The first kappa shape index (κ1) is 19.9. The summed E-state index contributed by atoms with van der Waals surface area (Å²) < 4.78 is 18.5. The molecular formula is C21H19FN4O3. The van der Waals surface area contributed by atoms with Gasteiger partial charge in [-0.1, -0.05) is 30.3 Å². The van der Waals surface area contributed by atoms with Crippen LogP contribution in [0.3, 0.4) is 0 Å². The summed E-state index contributed by atoms with van der Waals surface area (Å²) in [5, 5.41) is 5.59. The highest BCUT2D eigenvalue weighted by Gasteiger charge is 2.15. The number of aryl methyl sites for hydroxylation is 1. The number of carbonyl (C=O) groups is 2. The quantitative estimate of drug-likeness (QED) is 0.623. The second-order valence-corrected chi connectivity index (χ2v) is 6.15. The van der Waals surface area contributed by atoms with E-state index in [-0.39, 0.29) is 18.2 Å². The highest BCUT2D eigenvalue weighted by molar-refractivity contribution is 5.96. The van der Waals surface area contributed by atoms with Crippen molar-refractivity contribution >= 4 is 23.5 Å². The van der Waals surface area contributed by atoms with Crippen LogP contribution in [-0.2, 0) is 11.3 Å². The van der Waals surface area contributed by atoms with Crippen molar-refractivity contribution in [1.29, 1.82) is 0 Å². The lowest BCUT2D eigenvalue weighted by molar-refractivity contribution is 0.0601. The Hall–Kier alpha value is -3.81. The molecule has 0 saturated heterocycles. The zero-order valence-electron chi connectivity index (χ0n) is 15.9. The Morgan fingerprint density at radius 3 is 2.55 bits per heavy atom. The largest absolute Gasteiger partial charge is 0.465 e. The first-order chi connectivity index (χ1) is 14.0. The lowest BCUT2D eigenvalue weighted by atomic mass is 10.2. The predicted molar refractivity (Wildman–Crippen MR) is 105 cm³/mol. The highest BCUT2D eigenvalue weighted by atomic mass is 19.1. The third kappa shape index (κ3) is 4.92. The summed E-state index contributed by atoms with van der Waals surface area (Å²) in [5.74, 6) is -1.22. The molecule has 0 unspecified atom stereocenters. The smallest absolute Gasteiger partial charge is 0.339 e. The number of para-hydroxylation sites is 1. The van der Waals surface area contributed by atoms with Crippen LogP contribution in [-0.4, -0.2) is 29.0 Å². The maximum absolute atomic E-state index is 13.7. The van der Waals surface area contributed by atoms with E-state index in [9.17, 15) is 14.0 Å². The Morgan fingerprint density at radius 2 is 1.79 bits per heavy atom. The normalized spacial score (nSPS) is 10.3. The fraction of sp³-hybridized carbons (Fsp3) is 0.143.